The molecule has 0 bridgehead atoms. The first kappa shape index (κ1) is 15.8. The summed E-state index contributed by atoms with van der Waals surface area (Å²) in [6, 6.07) is 9.15. The molecule has 0 unspecified atom stereocenters. The molecule has 2 aromatic rings. The van der Waals surface area contributed by atoms with E-state index in [0.29, 0.717) is 18.7 Å². The number of nitriles is 1. The third kappa shape index (κ3) is 4.43. The van der Waals surface area contributed by atoms with Crippen LogP contribution in [0, 0.1) is 11.3 Å². The molecule has 0 amide bonds. The smallest absolute Gasteiger partial charge is 0.209 e. The van der Waals surface area contributed by atoms with E-state index in [1.807, 2.05) is 0 Å². The lowest BCUT2D eigenvalue weighted by molar-refractivity contribution is 0.0912. The Morgan fingerprint density at radius 1 is 1.39 bits per heavy atom. The van der Waals surface area contributed by atoms with E-state index >= 15 is 0 Å². The van der Waals surface area contributed by atoms with Gasteiger partial charge in [0.05, 0.1) is 30.9 Å². The normalized spacial score (nSPS) is 17.1. The topological polar surface area (TPSA) is 85.9 Å². The van der Waals surface area contributed by atoms with Crippen LogP contribution in [-0.2, 0) is 11.3 Å². The summed E-state index contributed by atoms with van der Waals surface area (Å²) >= 11 is 1.56. The summed E-state index contributed by atoms with van der Waals surface area (Å²) in [5.74, 6) is 1.50. The minimum atomic E-state index is 0.216. The van der Waals surface area contributed by atoms with Gasteiger partial charge < -0.3 is 9.47 Å². The summed E-state index contributed by atoms with van der Waals surface area (Å²) in [6.07, 6.45) is 2.38. The van der Waals surface area contributed by atoms with Crippen LogP contribution in [0.25, 0.3) is 0 Å². The fourth-order valence-electron chi connectivity index (χ4n) is 2.31. The molecule has 1 aliphatic rings. The Bertz CT molecular complexity index is 661. The van der Waals surface area contributed by atoms with Gasteiger partial charge in [0.2, 0.25) is 5.16 Å². The fraction of sp³-hybridized carbons (Fsp3) is 0.467. The summed E-state index contributed by atoms with van der Waals surface area (Å²) in [6.45, 7) is 2.07. The van der Waals surface area contributed by atoms with Gasteiger partial charge in [-0.3, -0.25) is 0 Å². The Kier molecular flexibility index (Phi) is 5.45. The first-order chi connectivity index (χ1) is 11.3. The molecule has 1 aromatic carbocycles. The van der Waals surface area contributed by atoms with Gasteiger partial charge in [0.1, 0.15) is 5.75 Å². The number of tetrazole rings is 1. The van der Waals surface area contributed by atoms with Crippen LogP contribution in [-0.4, -0.2) is 45.3 Å². The van der Waals surface area contributed by atoms with Gasteiger partial charge in [-0.15, -0.1) is 5.10 Å². The van der Waals surface area contributed by atoms with Crippen molar-refractivity contribution in [3.8, 4) is 11.8 Å². The van der Waals surface area contributed by atoms with Gasteiger partial charge in [0.25, 0.3) is 0 Å². The number of aromatic nitrogens is 4. The van der Waals surface area contributed by atoms with Crippen molar-refractivity contribution in [1.29, 1.82) is 5.26 Å². The van der Waals surface area contributed by atoms with Crippen molar-refractivity contribution in [3.05, 3.63) is 29.8 Å². The van der Waals surface area contributed by atoms with Crippen molar-refractivity contribution >= 4 is 11.8 Å². The van der Waals surface area contributed by atoms with Crippen LogP contribution in [0.1, 0.15) is 18.4 Å². The summed E-state index contributed by atoms with van der Waals surface area (Å²) in [5, 5.41) is 21.3. The molecule has 0 spiro atoms. The molecule has 0 N–H and O–H groups in total. The molecule has 3 rings (SSSR count). The Hall–Kier alpha value is -2.11. The number of rotatable bonds is 7. The van der Waals surface area contributed by atoms with E-state index in [2.05, 4.69) is 21.6 Å². The summed E-state index contributed by atoms with van der Waals surface area (Å²) in [7, 11) is 0. The molecule has 1 aliphatic heterocycles. The fourth-order valence-corrected chi connectivity index (χ4v) is 3.02. The molecule has 23 heavy (non-hydrogen) atoms. The molecule has 120 valence electrons. The highest BCUT2D eigenvalue weighted by atomic mass is 32.2. The van der Waals surface area contributed by atoms with E-state index in [-0.39, 0.29) is 6.10 Å². The van der Waals surface area contributed by atoms with Gasteiger partial charge in [-0.2, -0.15) is 5.26 Å². The van der Waals surface area contributed by atoms with Gasteiger partial charge in [-0.1, -0.05) is 11.8 Å². The van der Waals surface area contributed by atoms with Gasteiger partial charge in [0, 0.05) is 12.4 Å². The Balaban J connectivity index is 1.43. The predicted molar refractivity (Wildman–Crippen MR) is 84.2 cm³/mol. The SMILES string of the molecule is N#Cc1ccc(OCCSc2nnnn2C[C@@H]2CCCO2)cc1. The lowest BCUT2D eigenvalue weighted by Gasteiger charge is -2.10. The first-order valence-electron chi connectivity index (χ1n) is 7.48. The molecule has 0 radical (unpaired) electrons. The highest BCUT2D eigenvalue weighted by molar-refractivity contribution is 7.99. The number of benzene rings is 1. The largest absolute Gasteiger partial charge is 0.493 e. The maximum Gasteiger partial charge on any atom is 0.209 e. The molecule has 1 aromatic heterocycles. The third-order valence-electron chi connectivity index (χ3n) is 3.47. The van der Waals surface area contributed by atoms with Gasteiger partial charge >= 0.3 is 0 Å². The number of thioether (sulfide) groups is 1. The predicted octanol–water partition coefficient (Wildman–Crippen LogP) is 1.89. The minimum absolute atomic E-state index is 0.216. The number of hydrogen-bond acceptors (Lipinski definition) is 7. The first-order valence-corrected chi connectivity index (χ1v) is 8.47. The van der Waals surface area contributed by atoms with Crippen LogP contribution in [0.4, 0.5) is 0 Å². The van der Waals surface area contributed by atoms with Crippen molar-refractivity contribution in [2.45, 2.75) is 30.6 Å². The average molecular weight is 331 g/mol. The molecule has 1 atom stereocenters. The second-order valence-corrected chi connectivity index (χ2v) is 6.17. The molecule has 1 fully saturated rings. The standard InChI is InChI=1S/C15H17N5O2S/c16-10-12-3-5-13(6-4-12)22-8-9-23-15-17-18-19-20(15)11-14-2-1-7-21-14/h3-6,14H,1-2,7-9,11H2/t14-/m0/s1. The molecule has 8 heteroatoms. The molecule has 2 heterocycles. The zero-order valence-electron chi connectivity index (χ0n) is 12.6. The Morgan fingerprint density at radius 2 is 2.26 bits per heavy atom. The Morgan fingerprint density at radius 3 is 3.00 bits per heavy atom. The lowest BCUT2D eigenvalue weighted by Crippen LogP contribution is -2.17. The monoisotopic (exact) mass is 331 g/mol. The quantitative estimate of drug-likeness (QED) is 0.565. The van der Waals surface area contributed by atoms with E-state index < -0.39 is 0 Å². The maximum absolute atomic E-state index is 8.75. The highest BCUT2D eigenvalue weighted by Crippen LogP contribution is 2.19. The molecular weight excluding hydrogens is 314 g/mol. The van der Waals surface area contributed by atoms with Crippen molar-refractivity contribution in [2.75, 3.05) is 19.0 Å². The number of ether oxygens (including phenoxy) is 2. The lowest BCUT2D eigenvalue weighted by atomic mass is 10.2. The van der Waals surface area contributed by atoms with Crippen LogP contribution in [0.5, 0.6) is 5.75 Å². The van der Waals surface area contributed by atoms with Crippen LogP contribution in [0.2, 0.25) is 0 Å². The Labute approximate surface area is 138 Å². The third-order valence-corrected chi connectivity index (χ3v) is 4.39. The zero-order chi connectivity index (χ0) is 15.9. The van der Waals surface area contributed by atoms with Gasteiger partial charge in [0.15, 0.2) is 0 Å². The second kappa shape index (κ2) is 7.94. The van der Waals surface area contributed by atoms with Crippen molar-refractivity contribution in [3.63, 3.8) is 0 Å². The highest BCUT2D eigenvalue weighted by Gasteiger charge is 2.18. The molecule has 1 saturated heterocycles. The summed E-state index contributed by atoms with van der Waals surface area (Å²) < 4.78 is 13.0. The van der Waals surface area contributed by atoms with E-state index in [1.165, 1.54) is 0 Å². The van der Waals surface area contributed by atoms with Gasteiger partial charge in [-0.05, 0) is 47.5 Å². The number of hydrogen-bond donors (Lipinski definition) is 0. The number of nitrogens with zero attached hydrogens (tertiary/aromatic N) is 5. The van der Waals surface area contributed by atoms with E-state index in [4.69, 9.17) is 14.7 Å². The molecule has 0 saturated carbocycles. The van der Waals surface area contributed by atoms with Crippen LogP contribution < -0.4 is 4.74 Å². The summed E-state index contributed by atoms with van der Waals surface area (Å²) in [5.41, 5.74) is 0.625. The van der Waals surface area contributed by atoms with E-state index in [0.717, 1.165) is 36.1 Å². The van der Waals surface area contributed by atoms with Gasteiger partial charge in [-0.25, -0.2) is 4.68 Å². The summed E-state index contributed by atoms with van der Waals surface area (Å²) in [4.78, 5) is 0. The van der Waals surface area contributed by atoms with E-state index in [1.54, 1.807) is 40.7 Å². The van der Waals surface area contributed by atoms with Crippen molar-refractivity contribution in [2.24, 2.45) is 0 Å². The van der Waals surface area contributed by atoms with Crippen LogP contribution >= 0.6 is 11.8 Å². The van der Waals surface area contributed by atoms with Crippen molar-refractivity contribution in [1.82, 2.24) is 20.2 Å². The van der Waals surface area contributed by atoms with E-state index in [9.17, 15) is 0 Å². The van der Waals surface area contributed by atoms with Crippen molar-refractivity contribution < 1.29 is 9.47 Å². The zero-order valence-corrected chi connectivity index (χ0v) is 13.4. The minimum Gasteiger partial charge on any atom is -0.493 e. The second-order valence-electron chi connectivity index (χ2n) is 5.11. The molecule has 7 nitrogen and oxygen atoms in total. The maximum atomic E-state index is 8.75. The molecule has 0 aliphatic carbocycles. The van der Waals surface area contributed by atoms with Crippen LogP contribution in [0.3, 0.4) is 0 Å². The van der Waals surface area contributed by atoms with Crippen LogP contribution in [0.15, 0.2) is 29.4 Å². The molecular formula is C15H17N5O2S. The average Bonchev–Trinajstić information content (AvgIpc) is 3.25.